The smallest absolute Gasteiger partial charge is 0.416 e. The maximum atomic E-state index is 13.0. The molecule has 3 atom stereocenters. The highest BCUT2D eigenvalue weighted by molar-refractivity contribution is 5.79. The first-order valence-corrected chi connectivity index (χ1v) is 12.2. The summed E-state index contributed by atoms with van der Waals surface area (Å²) in [5.41, 5.74) is -3.09. The number of nitrogens with one attached hydrogen (secondary N) is 1. The predicted octanol–water partition coefficient (Wildman–Crippen LogP) is 6.11. The molecule has 13 heteroatoms. The number of hydrogen-bond acceptors (Lipinski definition) is 4. The van der Waals surface area contributed by atoms with Gasteiger partial charge in [0, 0.05) is 25.0 Å². The number of benzene rings is 2. The van der Waals surface area contributed by atoms with Gasteiger partial charge in [-0.15, -0.1) is 0 Å². The molecule has 0 saturated carbocycles. The van der Waals surface area contributed by atoms with E-state index in [-0.39, 0.29) is 49.0 Å². The van der Waals surface area contributed by atoms with Gasteiger partial charge in [0.2, 0.25) is 5.91 Å². The molecule has 0 spiro atoms. The van der Waals surface area contributed by atoms with E-state index in [0.717, 1.165) is 0 Å². The molecule has 2 heterocycles. The Hall–Kier alpha value is -3.61. The second-order valence-electron chi connectivity index (χ2n) is 9.25. The Morgan fingerprint density at radius 2 is 1.65 bits per heavy atom. The Balaban J connectivity index is 0.000000547. The lowest BCUT2D eigenvalue weighted by atomic mass is 9.97. The third kappa shape index (κ3) is 8.97. The zero-order chi connectivity index (χ0) is 29.5. The van der Waals surface area contributed by atoms with Crippen LogP contribution in [0.25, 0.3) is 0 Å². The maximum Gasteiger partial charge on any atom is 0.416 e. The number of piperidine rings is 1. The fraction of sp³-hybridized carbons (Fsp3) is 0.407. The minimum absolute atomic E-state index is 0.0174. The van der Waals surface area contributed by atoms with Crippen molar-refractivity contribution in [2.24, 2.45) is 0 Å². The average molecular weight is 577 g/mol. The van der Waals surface area contributed by atoms with Crippen molar-refractivity contribution >= 4 is 12.0 Å². The molecule has 2 aromatic rings. The van der Waals surface area contributed by atoms with Crippen LogP contribution >= 0.6 is 0 Å². The van der Waals surface area contributed by atoms with Crippen LogP contribution in [0.3, 0.4) is 0 Å². The number of alkyl carbamates (subject to hydrolysis) is 1. The molecule has 0 radical (unpaired) electrons. The zero-order valence-electron chi connectivity index (χ0n) is 21.1. The van der Waals surface area contributed by atoms with Crippen molar-refractivity contribution in [3.05, 3.63) is 83.7 Å². The quantitative estimate of drug-likeness (QED) is 0.333. The fourth-order valence-electron chi connectivity index (χ4n) is 4.45. The third-order valence-corrected chi connectivity index (χ3v) is 6.19. The summed E-state index contributed by atoms with van der Waals surface area (Å²) in [5.74, 6) is -0.410. The van der Waals surface area contributed by atoms with Gasteiger partial charge in [0.05, 0.1) is 23.8 Å². The van der Waals surface area contributed by atoms with Crippen molar-refractivity contribution in [3.8, 4) is 0 Å². The lowest BCUT2D eigenvalue weighted by molar-refractivity contribution is -0.143. The van der Waals surface area contributed by atoms with Crippen LogP contribution < -0.4 is 5.32 Å². The summed E-state index contributed by atoms with van der Waals surface area (Å²) in [4.78, 5) is 25.7. The molecule has 2 fully saturated rings. The summed E-state index contributed by atoms with van der Waals surface area (Å²) in [5, 5.41) is 2.60. The highest BCUT2D eigenvalue weighted by Gasteiger charge is 2.42. The topological polar surface area (TPSA) is 67.9 Å². The molecule has 40 heavy (non-hydrogen) atoms. The van der Waals surface area contributed by atoms with Crippen LogP contribution in [0.1, 0.15) is 36.0 Å². The number of halogens is 7. The van der Waals surface area contributed by atoms with Crippen LogP contribution in [-0.2, 0) is 33.2 Å². The van der Waals surface area contributed by atoms with Crippen LogP contribution in [0.2, 0.25) is 0 Å². The van der Waals surface area contributed by atoms with Gasteiger partial charge in [0.15, 0.2) is 0 Å². The summed E-state index contributed by atoms with van der Waals surface area (Å²) in [6.07, 6.45) is -8.90. The van der Waals surface area contributed by atoms with Gasteiger partial charge in [-0.2, -0.15) is 26.3 Å². The van der Waals surface area contributed by atoms with Gasteiger partial charge in [0.25, 0.3) is 0 Å². The Morgan fingerprint density at radius 3 is 2.17 bits per heavy atom. The normalized spacial score (nSPS) is 20.7. The van der Waals surface area contributed by atoms with Crippen LogP contribution in [0.15, 0.2) is 61.2 Å². The lowest BCUT2D eigenvalue weighted by Gasteiger charge is -2.34. The summed E-state index contributed by atoms with van der Waals surface area (Å²) < 4.78 is 100. The van der Waals surface area contributed by atoms with E-state index in [1.807, 2.05) is 0 Å². The summed E-state index contributed by atoms with van der Waals surface area (Å²) in [7, 11) is 0. The van der Waals surface area contributed by atoms with Crippen molar-refractivity contribution in [3.63, 3.8) is 0 Å². The number of ether oxygens (including phenoxy) is 2. The van der Waals surface area contributed by atoms with Crippen molar-refractivity contribution in [2.45, 2.75) is 56.4 Å². The lowest BCUT2D eigenvalue weighted by Crippen LogP contribution is -2.50. The number of rotatable bonds is 6. The van der Waals surface area contributed by atoms with Gasteiger partial charge < -0.3 is 19.7 Å². The minimum Gasteiger partial charge on any atom is -0.445 e. The largest absolute Gasteiger partial charge is 0.445 e. The van der Waals surface area contributed by atoms with Gasteiger partial charge in [-0.05, 0) is 48.7 Å². The van der Waals surface area contributed by atoms with Crippen molar-refractivity contribution in [2.75, 3.05) is 13.2 Å². The highest BCUT2D eigenvalue weighted by Crippen LogP contribution is 2.37. The summed E-state index contributed by atoms with van der Waals surface area (Å²) in [6, 6.07) is 8.52. The van der Waals surface area contributed by atoms with E-state index in [2.05, 4.69) is 11.9 Å². The molecule has 2 amide bonds. The fourth-order valence-corrected chi connectivity index (χ4v) is 4.45. The molecule has 2 aromatic carbocycles. The number of nitrogens with zero attached hydrogens (tertiary/aromatic N) is 1. The molecule has 6 nitrogen and oxygen atoms in total. The maximum absolute atomic E-state index is 13.0. The standard InChI is InChI=1S/C21H22F6N2O4.C6H5F/c1-2-3-32-19(31)28-15-7-16-9-17(10-29(16)18(30)8-15)33-11-12-4-13(20(22,23)24)6-14(5-12)21(25,26)27;7-6-4-2-1-3-5-6/h2,4-6,15-17H,1,3,7-11H2,(H,28,31);1-5H. The Morgan fingerprint density at radius 1 is 1.02 bits per heavy atom. The number of amides is 2. The molecule has 0 aliphatic carbocycles. The third-order valence-electron chi connectivity index (χ3n) is 6.19. The van der Waals surface area contributed by atoms with E-state index >= 15 is 0 Å². The van der Waals surface area contributed by atoms with E-state index in [1.54, 1.807) is 23.1 Å². The zero-order valence-corrected chi connectivity index (χ0v) is 21.1. The number of carbonyl (C=O) groups is 2. The minimum atomic E-state index is -4.94. The average Bonchev–Trinajstić information content (AvgIpc) is 3.29. The molecule has 2 aliphatic heterocycles. The Bertz CT molecular complexity index is 1140. The van der Waals surface area contributed by atoms with Crippen LogP contribution in [0.4, 0.5) is 35.5 Å². The van der Waals surface area contributed by atoms with E-state index in [9.17, 15) is 40.3 Å². The molecule has 0 bridgehead atoms. The van der Waals surface area contributed by atoms with Gasteiger partial charge in [-0.25, -0.2) is 9.18 Å². The van der Waals surface area contributed by atoms with E-state index in [0.29, 0.717) is 25.0 Å². The first kappa shape index (κ1) is 30.9. The number of alkyl halides is 6. The van der Waals surface area contributed by atoms with E-state index < -0.39 is 48.3 Å². The summed E-state index contributed by atoms with van der Waals surface area (Å²) in [6.45, 7) is 3.14. The number of fused-ring (bicyclic) bond motifs is 1. The molecule has 4 rings (SSSR count). The molecular weight excluding hydrogens is 549 g/mol. The molecule has 2 saturated heterocycles. The van der Waals surface area contributed by atoms with E-state index in [4.69, 9.17) is 9.47 Å². The Labute approximate surface area is 225 Å². The molecule has 218 valence electrons. The van der Waals surface area contributed by atoms with Crippen LogP contribution in [0, 0.1) is 5.82 Å². The predicted molar refractivity (Wildman–Crippen MR) is 129 cm³/mol. The Kier molecular flexibility index (Phi) is 10.2. The monoisotopic (exact) mass is 576 g/mol. The first-order valence-electron chi connectivity index (χ1n) is 12.2. The molecule has 2 aliphatic rings. The SMILES string of the molecule is C=CCOC(=O)NC1CC(=O)N2CC(OCc3cc(C(F)(F)F)cc(C(F)(F)F)c3)CC2C1.Fc1ccccc1. The van der Waals surface area contributed by atoms with Crippen molar-refractivity contribution in [1.82, 2.24) is 10.2 Å². The summed E-state index contributed by atoms with van der Waals surface area (Å²) >= 11 is 0. The molecule has 1 N–H and O–H groups in total. The second kappa shape index (κ2) is 13.2. The molecule has 3 unspecified atom stereocenters. The van der Waals surface area contributed by atoms with Crippen molar-refractivity contribution < 1.29 is 49.8 Å². The van der Waals surface area contributed by atoms with Gasteiger partial charge in [0.1, 0.15) is 12.4 Å². The molecular formula is C27H27F7N2O4. The highest BCUT2D eigenvalue weighted by atomic mass is 19.4. The van der Waals surface area contributed by atoms with Crippen LogP contribution in [-0.4, -0.2) is 48.2 Å². The van der Waals surface area contributed by atoms with Gasteiger partial charge >= 0.3 is 18.4 Å². The molecule has 0 aromatic heterocycles. The van der Waals surface area contributed by atoms with Crippen molar-refractivity contribution in [1.29, 1.82) is 0 Å². The van der Waals surface area contributed by atoms with Gasteiger partial charge in [-0.3, -0.25) is 4.79 Å². The van der Waals surface area contributed by atoms with E-state index in [1.165, 1.54) is 18.2 Å². The van der Waals surface area contributed by atoms with Gasteiger partial charge in [-0.1, -0.05) is 30.9 Å². The second-order valence-corrected chi connectivity index (χ2v) is 9.25. The number of carbonyl (C=O) groups excluding carboxylic acids is 2. The number of hydrogen-bond donors (Lipinski definition) is 1. The van der Waals surface area contributed by atoms with Crippen LogP contribution in [0.5, 0.6) is 0 Å². The first-order chi connectivity index (χ1) is 18.8.